The number of halogens is 2. The van der Waals surface area contributed by atoms with E-state index in [1.54, 1.807) is 0 Å². The summed E-state index contributed by atoms with van der Waals surface area (Å²) in [5, 5.41) is 8.98. The van der Waals surface area contributed by atoms with Crippen molar-refractivity contribution in [3.8, 4) is 0 Å². The van der Waals surface area contributed by atoms with E-state index in [0.717, 1.165) is 6.07 Å². The number of hydrogen-bond donors (Lipinski definition) is 1. The number of ether oxygens (including phenoxy) is 1. The SMILES string of the molecule is CC1(C(=O)O)Cc2cc(F)c(Br)cc2C(=O)O1. The Morgan fingerprint density at radius 1 is 1.59 bits per heavy atom. The first-order valence-corrected chi connectivity index (χ1v) is 5.57. The summed E-state index contributed by atoms with van der Waals surface area (Å²) in [4.78, 5) is 22.6. The lowest BCUT2D eigenvalue weighted by Gasteiger charge is -2.30. The van der Waals surface area contributed by atoms with E-state index in [4.69, 9.17) is 9.84 Å². The Labute approximate surface area is 105 Å². The summed E-state index contributed by atoms with van der Waals surface area (Å²) < 4.78 is 18.4. The normalized spacial score (nSPS) is 22.9. The van der Waals surface area contributed by atoms with Crippen molar-refractivity contribution >= 4 is 27.9 Å². The second kappa shape index (κ2) is 3.80. The maximum atomic E-state index is 13.3. The van der Waals surface area contributed by atoms with Crippen LogP contribution in [0.2, 0.25) is 0 Å². The molecule has 90 valence electrons. The van der Waals surface area contributed by atoms with Gasteiger partial charge in [-0.05, 0) is 40.5 Å². The minimum atomic E-state index is -1.63. The summed E-state index contributed by atoms with van der Waals surface area (Å²) in [5.41, 5.74) is -1.10. The van der Waals surface area contributed by atoms with Crippen molar-refractivity contribution in [2.24, 2.45) is 0 Å². The molecule has 1 unspecified atom stereocenters. The Morgan fingerprint density at radius 3 is 2.82 bits per heavy atom. The van der Waals surface area contributed by atoms with Crippen molar-refractivity contribution in [1.29, 1.82) is 0 Å². The Kier molecular flexibility index (Phi) is 2.69. The summed E-state index contributed by atoms with van der Waals surface area (Å²) >= 11 is 2.96. The first kappa shape index (κ1) is 12.0. The number of cyclic esters (lactones) is 1. The van der Waals surface area contributed by atoms with E-state index in [0.29, 0.717) is 5.56 Å². The number of fused-ring (bicyclic) bond motifs is 1. The molecule has 0 saturated carbocycles. The topological polar surface area (TPSA) is 63.6 Å². The quantitative estimate of drug-likeness (QED) is 0.807. The number of carbonyl (C=O) groups excluding carboxylic acids is 1. The van der Waals surface area contributed by atoms with Gasteiger partial charge < -0.3 is 9.84 Å². The molecule has 0 radical (unpaired) electrons. The van der Waals surface area contributed by atoms with E-state index in [1.165, 1.54) is 13.0 Å². The fourth-order valence-electron chi connectivity index (χ4n) is 1.70. The van der Waals surface area contributed by atoms with Crippen LogP contribution in [0.25, 0.3) is 0 Å². The van der Waals surface area contributed by atoms with Gasteiger partial charge in [0.25, 0.3) is 0 Å². The second-order valence-corrected chi connectivity index (χ2v) is 4.88. The van der Waals surface area contributed by atoms with E-state index in [2.05, 4.69) is 15.9 Å². The summed E-state index contributed by atoms with van der Waals surface area (Å²) in [5.74, 6) is -2.54. The highest BCUT2D eigenvalue weighted by Crippen LogP contribution is 2.31. The van der Waals surface area contributed by atoms with E-state index >= 15 is 0 Å². The minimum Gasteiger partial charge on any atom is -0.478 e. The van der Waals surface area contributed by atoms with Crippen LogP contribution >= 0.6 is 15.9 Å². The van der Waals surface area contributed by atoms with Gasteiger partial charge in [-0.2, -0.15) is 0 Å². The molecule has 0 aliphatic carbocycles. The highest BCUT2D eigenvalue weighted by Gasteiger charge is 2.43. The molecular formula is C11H8BrFO4. The zero-order valence-corrected chi connectivity index (χ0v) is 10.4. The third kappa shape index (κ3) is 1.93. The third-order valence-corrected chi connectivity index (χ3v) is 3.27. The van der Waals surface area contributed by atoms with Gasteiger partial charge in [0.2, 0.25) is 5.60 Å². The molecule has 0 fully saturated rings. The molecule has 1 aliphatic rings. The number of carboxylic acids is 1. The van der Waals surface area contributed by atoms with Gasteiger partial charge in [-0.15, -0.1) is 0 Å². The average molecular weight is 303 g/mol. The van der Waals surface area contributed by atoms with Gasteiger partial charge in [0.1, 0.15) is 5.82 Å². The Hall–Kier alpha value is -1.43. The molecule has 0 aromatic heterocycles. The van der Waals surface area contributed by atoms with E-state index < -0.39 is 23.4 Å². The van der Waals surface area contributed by atoms with Gasteiger partial charge >= 0.3 is 11.9 Å². The molecule has 17 heavy (non-hydrogen) atoms. The number of hydrogen-bond acceptors (Lipinski definition) is 3. The first-order valence-electron chi connectivity index (χ1n) is 4.78. The van der Waals surface area contributed by atoms with Crippen LogP contribution in [0.4, 0.5) is 4.39 Å². The minimum absolute atomic E-state index is 0.0480. The highest BCUT2D eigenvalue weighted by molar-refractivity contribution is 9.10. The van der Waals surface area contributed by atoms with Crippen molar-refractivity contribution in [3.63, 3.8) is 0 Å². The van der Waals surface area contributed by atoms with Gasteiger partial charge in [-0.1, -0.05) is 0 Å². The molecule has 1 aromatic rings. The van der Waals surface area contributed by atoms with Gasteiger partial charge in [-0.3, -0.25) is 0 Å². The van der Waals surface area contributed by atoms with E-state index in [1.807, 2.05) is 0 Å². The van der Waals surface area contributed by atoms with E-state index in [-0.39, 0.29) is 16.5 Å². The highest BCUT2D eigenvalue weighted by atomic mass is 79.9. The van der Waals surface area contributed by atoms with Gasteiger partial charge in [0.15, 0.2) is 0 Å². The van der Waals surface area contributed by atoms with Crippen molar-refractivity contribution in [2.75, 3.05) is 0 Å². The fraction of sp³-hybridized carbons (Fsp3) is 0.273. The molecule has 1 aromatic carbocycles. The van der Waals surface area contributed by atoms with Crippen LogP contribution in [0.1, 0.15) is 22.8 Å². The average Bonchev–Trinajstić information content (AvgIpc) is 2.21. The number of aliphatic carboxylic acids is 1. The molecule has 0 saturated heterocycles. The zero-order chi connectivity index (χ0) is 12.8. The van der Waals surface area contributed by atoms with Crippen LogP contribution in [0.3, 0.4) is 0 Å². The predicted octanol–water partition coefficient (Wildman–Crippen LogP) is 2.14. The second-order valence-electron chi connectivity index (χ2n) is 4.03. The van der Waals surface area contributed by atoms with Crippen molar-refractivity contribution in [1.82, 2.24) is 0 Å². The molecular weight excluding hydrogens is 295 g/mol. The summed E-state index contributed by atoms with van der Waals surface area (Å²) in [6, 6.07) is 2.45. The molecule has 6 heteroatoms. The Balaban J connectivity index is 2.54. The third-order valence-electron chi connectivity index (χ3n) is 2.66. The van der Waals surface area contributed by atoms with Crippen LogP contribution in [-0.2, 0) is 16.0 Å². The molecule has 1 atom stereocenters. The van der Waals surface area contributed by atoms with Gasteiger partial charge in [0, 0.05) is 6.42 Å². The largest absolute Gasteiger partial charge is 0.478 e. The van der Waals surface area contributed by atoms with Crippen LogP contribution in [0, 0.1) is 5.82 Å². The molecule has 1 aliphatic heterocycles. The number of benzene rings is 1. The molecule has 1 N–H and O–H groups in total. The zero-order valence-electron chi connectivity index (χ0n) is 8.79. The van der Waals surface area contributed by atoms with Gasteiger partial charge in [0.05, 0.1) is 10.0 Å². The fourth-order valence-corrected chi connectivity index (χ4v) is 2.05. The monoisotopic (exact) mass is 302 g/mol. The lowest BCUT2D eigenvalue weighted by Crippen LogP contribution is -2.45. The number of carbonyl (C=O) groups is 2. The standard InChI is InChI=1S/C11H8BrFO4/c1-11(10(15)16)4-5-2-8(13)7(12)3-6(5)9(14)17-11/h2-3H,4H2,1H3,(H,15,16). The Bertz CT molecular complexity index is 528. The van der Waals surface area contributed by atoms with E-state index in [9.17, 15) is 14.0 Å². The molecule has 0 amide bonds. The molecule has 1 heterocycles. The van der Waals surface area contributed by atoms with Crippen molar-refractivity contribution in [3.05, 3.63) is 33.5 Å². The maximum absolute atomic E-state index is 13.3. The smallest absolute Gasteiger partial charge is 0.348 e. The van der Waals surface area contributed by atoms with Crippen molar-refractivity contribution < 1.29 is 23.8 Å². The van der Waals surface area contributed by atoms with Gasteiger partial charge in [-0.25, -0.2) is 14.0 Å². The molecule has 0 bridgehead atoms. The predicted molar refractivity (Wildman–Crippen MR) is 59.3 cm³/mol. The summed E-state index contributed by atoms with van der Waals surface area (Å²) in [6.07, 6.45) is -0.0480. The number of esters is 1. The van der Waals surface area contributed by atoms with Crippen LogP contribution in [-0.4, -0.2) is 22.6 Å². The lowest BCUT2D eigenvalue weighted by molar-refractivity contribution is -0.158. The van der Waals surface area contributed by atoms with Crippen LogP contribution in [0.15, 0.2) is 16.6 Å². The number of carboxylic acid groups (broad SMARTS) is 1. The summed E-state index contributed by atoms with van der Waals surface area (Å²) in [7, 11) is 0. The summed E-state index contributed by atoms with van der Waals surface area (Å²) in [6.45, 7) is 1.29. The van der Waals surface area contributed by atoms with Crippen molar-refractivity contribution in [2.45, 2.75) is 18.9 Å². The van der Waals surface area contributed by atoms with Crippen LogP contribution in [0.5, 0.6) is 0 Å². The molecule has 2 rings (SSSR count). The molecule has 4 nitrogen and oxygen atoms in total. The molecule has 0 spiro atoms. The maximum Gasteiger partial charge on any atom is 0.348 e. The van der Waals surface area contributed by atoms with Crippen LogP contribution < -0.4 is 0 Å². The first-order chi connectivity index (χ1) is 7.83. The number of rotatable bonds is 1. The lowest BCUT2D eigenvalue weighted by atomic mass is 9.90. The Morgan fingerprint density at radius 2 is 2.24 bits per heavy atom.